The minimum absolute atomic E-state index is 0.309. The summed E-state index contributed by atoms with van der Waals surface area (Å²) in [7, 11) is 0. The summed E-state index contributed by atoms with van der Waals surface area (Å²) < 4.78 is 51.2. The smallest absolute Gasteiger partial charge is 0.251 e. The highest BCUT2D eigenvalue weighted by molar-refractivity contribution is 5.56. The zero-order valence-corrected chi connectivity index (χ0v) is 8.35. The van der Waals surface area contributed by atoms with Gasteiger partial charge in [0.2, 0.25) is 0 Å². The van der Waals surface area contributed by atoms with Crippen molar-refractivity contribution in [2.75, 3.05) is 5.32 Å². The molecule has 0 fully saturated rings. The maximum Gasteiger partial charge on any atom is 0.251 e. The number of nitrogens with zero attached hydrogens (tertiary/aromatic N) is 1. The topological polar surface area (TPSA) is 24.9 Å². The number of nitrogens with one attached hydrogen (secondary N) is 1. The van der Waals surface area contributed by atoms with Crippen molar-refractivity contribution in [3.63, 3.8) is 0 Å². The van der Waals surface area contributed by atoms with E-state index in [2.05, 4.69) is 10.3 Å². The van der Waals surface area contributed by atoms with Gasteiger partial charge in [-0.1, -0.05) is 0 Å². The lowest BCUT2D eigenvalue weighted by molar-refractivity contribution is 0.467. The average molecular weight is 242 g/mol. The summed E-state index contributed by atoms with van der Waals surface area (Å²) in [6, 6.07) is 5.30. The van der Waals surface area contributed by atoms with Crippen LogP contribution >= 0.6 is 0 Å². The maximum absolute atomic E-state index is 13.2. The molecule has 17 heavy (non-hydrogen) atoms. The highest BCUT2D eigenvalue weighted by atomic mass is 19.2. The molecule has 1 aromatic carbocycles. The number of hydrogen-bond acceptors (Lipinski definition) is 2. The first-order valence-corrected chi connectivity index (χ1v) is 4.60. The Kier molecular flexibility index (Phi) is 2.95. The second-order valence-electron chi connectivity index (χ2n) is 3.22. The molecule has 0 unspecified atom stereocenters. The van der Waals surface area contributed by atoms with Crippen LogP contribution in [0.15, 0.2) is 30.3 Å². The Morgan fingerprint density at radius 1 is 0.882 bits per heavy atom. The van der Waals surface area contributed by atoms with Crippen molar-refractivity contribution in [3.05, 3.63) is 53.7 Å². The molecule has 0 radical (unpaired) electrons. The molecule has 1 N–H and O–H groups in total. The SMILES string of the molecule is Fc1ccc(Nc2nc(F)c(F)cc2F)cc1. The van der Waals surface area contributed by atoms with Gasteiger partial charge >= 0.3 is 0 Å². The van der Waals surface area contributed by atoms with Gasteiger partial charge in [0.15, 0.2) is 17.5 Å². The van der Waals surface area contributed by atoms with Crippen molar-refractivity contribution in [2.45, 2.75) is 0 Å². The van der Waals surface area contributed by atoms with Crippen LogP contribution in [-0.4, -0.2) is 4.98 Å². The van der Waals surface area contributed by atoms with Crippen LogP contribution in [0.1, 0.15) is 0 Å². The summed E-state index contributed by atoms with van der Waals surface area (Å²) in [6.45, 7) is 0. The molecular formula is C11H6F4N2. The normalized spacial score (nSPS) is 10.4. The van der Waals surface area contributed by atoms with Gasteiger partial charge in [-0.15, -0.1) is 0 Å². The second-order valence-corrected chi connectivity index (χ2v) is 3.22. The van der Waals surface area contributed by atoms with Crippen LogP contribution in [0.4, 0.5) is 29.1 Å². The molecule has 0 aliphatic rings. The highest BCUT2D eigenvalue weighted by Crippen LogP contribution is 2.19. The first kappa shape index (κ1) is 11.4. The van der Waals surface area contributed by atoms with Crippen molar-refractivity contribution in [1.82, 2.24) is 4.98 Å². The van der Waals surface area contributed by atoms with Gasteiger partial charge in [-0.05, 0) is 24.3 Å². The standard InChI is InChI=1S/C11H6F4N2/c12-6-1-3-7(4-2-6)16-11-9(14)5-8(13)10(15)17-11/h1-5H,(H,16,17). The van der Waals surface area contributed by atoms with Gasteiger partial charge in [-0.2, -0.15) is 9.37 Å². The fourth-order valence-corrected chi connectivity index (χ4v) is 1.20. The third-order valence-electron chi connectivity index (χ3n) is 1.99. The van der Waals surface area contributed by atoms with Crippen LogP contribution in [0.3, 0.4) is 0 Å². The van der Waals surface area contributed by atoms with Crippen molar-refractivity contribution in [2.24, 2.45) is 0 Å². The number of aromatic nitrogens is 1. The van der Waals surface area contributed by atoms with Crippen LogP contribution in [0.2, 0.25) is 0 Å². The molecule has 1 aromatic heterocycles. The quantitative estimate of drug-likeness (QED) is 0.645. The van der Waals surface area contributed by atoms with E-state index in [-0.39, 0.29) is 0 Å². The van der Waals surface area contributed by atoms with E-state index in [9.17, 15) is 17.6 Å². The highest BCUT2D eigenvalue weighted by Gasteiger charge is 2.11. The summed E-state index contributed by atoms with van der Waals surface area (Å²) in [4.78, 5) is 3.07. The zero-order valence-electron chi connectivity index (χ0n) is 8.35. The minimum atomic E-state index is -1.41. The number of rotatable bonds is 2. The third-order valence-corrected chi connectivity index (χ3v) is 1.99. The van der Waals surface area contributed by atoms with Crippen molar-refractivity contribution in [1.29, 1.82) is 0 Å². The molecule has 0 aliphatic carbocycles. The number of pyridine rings is 1. The van der Waals surface area contributed by atoms with Crippen LogP contribution in [0.25, 0.3) is 0 Å². The lowest BCUT2D eigenvalue weighted by Gasteiger charge is -2.06. The Labute approximate surface area is 93.9 Å². The van der Waals surface area contributed by atoms with Gasteiger partial charge in [0, 0.05) is 11.8 Å². The van der Waals surface area contributed by atoms with Gasteiger partial charge in [0.25, 0.3) is 5.95 Å². The largest absolute Gasteiger partial charge is 0.338 e. The van der Waals surface area contributed by atoms with Crippen molar-refractivity contribution < 1.29 is 17.6 Å². The maximum atomic E-state index is 13.2. The monoisotopic (exact) mass is 242 g/mol. The Morgan fingerprint density at radius 2 is 1.53 bits per heavy atom. The van der Waals surface area contributed by atoms with E-state index >= 15 is 0 Å². The lowest BCUT2D eigenvalue weighted by atomic mass is 10.3. The van der Waals surface area contributed by atoms with Gasteiger partial charge in [-0.3, -0.25) is 0 Å². The predicted molar refractivity (Wildman–Crippen MR) is 53.8 cm³/mol. The fourth-order valence-electron chi connectivity index (χ4n) is 1.20. The molecular weight excluding hydrogens is 236 g/mol. The Hall–Kier alpha value is -2.11. The summed E-state index contributed by atoms with van der Waals surface area (Å²) in [5.74, 6) is -4.74. The Balaban J connectivity index is 2.30. The van der Waals surface area contributed by atoms with E-state index in [0.717, 1.165) is 12.1 Å². The van der Waals surface area contributed by atoms with E-state index in [4.69, 9.17) is 0 Å². The molecule has 1 heterocycles. The first-order chi connectivity index (χ1) is 8.06. The lowest BCUT2D eigenvalue weighted by Crippen LogP contribution is -2.01. The summed E-state index contributed by atoms with van der Waals surface area (Å²) >= 11 is 0. The summed E-state index contributed by atoms with van der Waals surface area (Å²) in [5.41, 5.74) is 0.309. The molecule has 0 amide bonds. The van der Waals surface area contributed by atoms with Crippen LogP contribution in [-0.2, 0) is 0 Å². The molecule has 2 rings (SSSR count). The molecule has 0 saturated heterocycles. The zero-order chi connectivity index (χ0) is 12.4. The van der Waals surface area contributed by atoms with Crippen molar-refractivity contribution in [3.8, 4) is 0 Å². The summed E-state index contributed by atoms with van der Waals surface area (Å²) in [5, 5.41) is 2.41. The Bertz CT molecular complexity index is 540. The molecule has 0 aliphatic heterocycles. The second kappa shape index (κ2) is 4.40. The van der Waals surface area contributed by atoms with Gasteiger partial charge in [0.05, 0.1) is 0 Å². The number of halogens is 4. The fraction of sp³-hybridized carbons (Fsp3) is 0. The van der Waals surface area contributed by atoms with E-state index < -0.39 is 29.2 Å². The number of anilines is 2. The molecule has 88 valence electrons. The molecule has 0 atom stereocenters. The van der Waals surface area contributed by atoms with Crippen molar-refractivity contribution >= 4 is 11.5 Å². The molecule has 0 saturated carbocycles. The average Bonchev–Trinajstić information content (AvgIpc) is 2.29. The molecule has 0 spiro atoms. The van der Waals surface area contributed by atoms with E-state index in [0.29, 0.717) is 11.8 Å². The molecule has 6 heteroatoms. The van der Waals surface area contributed by atoms with Crippen LogP contribution in [0.5, 0.6) is 0 Å². The van der Waals surface area contributed by atoms with Gasteiger partial charge in [-0.25, -0.2) is 13.2 Å². The van der Waals surface area contributed by atoms with Crippen LogP contribution in [0, 0.1) is 23.4 Å². The third kappa shape index (κ3) is 2.52. The molecule has 0 bridgehead atoms. The Morgan fingerprint density at radius 3 is 2.18 bits per heavy atom. The number of benzene rings is 1. The molecule has 2 nitrogen and oxygen atoms in total. The van der Waals surface area contributed by atoms with Gasteiger partial charge < -0.3 is 5.32 Å². The van der Waals surface area contributed by atoms with Gasteiger partial charge in [0.1, 0.15) is 5.82 Å². The minimum Gasteiger partial charge on any atom is -0.338 e. The van der Waals surface area contributed by atoms with Crippen LogP contribution < -0.4 is 5.32 Å². The van der Waals surface area contributed by atoms with E-state index in [1.807, 2.05) is 0 Å². The number of hydrogen-bond donors (Lipinski definition) is 1. The first-order valence-electron chi connectivity index (χ1n) is 4.60. The van der Waals surface area contributed by atoms with E-state index in [1.165, 1.54) is 12.1 Å². The summed E-state index contributed by atoms with van der Waals surface area (Å²) in [6.07, 6.45) is 0. The predicted octanol–water partition coefficient (Wildman–Crippen LogP) is 3.38. The van der Waals surface area contributed by atoms with E-state index in [1.54, 1.807) is 0 Å². The molecule has 2 aromatic rings.